The summed E-state index contributed by atoms with van der Waals surface area (Å²) in [5.74, 6) is -0.127. The molecule has 1 amide bonds. The van der Waals surface area contributed by atoms with E-state index in [1.807, 2.05) is 13.0 Å². The summed E-state index contributed by atoms with van der Waals surface area (Å²) < 4.78 is 0. The Hall–Kier alpha value is -2.41. The summed E-state index contributed by atoms with van der Waals surface area (Å²) in [4.78, 5) is 21.8. The van der Waals surface area contributed by atoms with Crippen molar-refractivity contribution in [1.29, 1.82) is 0 Å². The lowest BCUT2D eigenvalue weighted by Crippen LogP contribution is -2.17. The summed E-state index contributed by atoms with van der Waals surface area (Å²) in [6.45, 7) is 2.41. The van der Waals surface area contributed by atoms with Crippen molar-refractivity contribution in [2.75, 3.05) is 12.4 Å². The normalized spacial score (nSPS) is 10.2. The van der Waals surface area contributed by atoms with Gasteiger partial charge in [-0.1, -0.05) is 11.3 Å². The van der Waals surface area contributed by atoms with Crippen molar-refractivity contribution in [2.24, 2.45) is 0 Å². The molecule has 0 saturated carbocycles. The monoisotopic (exact) mass is 305 g/mol. The topological polar surface area (TPSA) is 84.3 Å². The zero-order valence-electron chi connectivity index (χ0n) is 11.7. The molecule has 2 rings (SSSR count). The third-order valence-corrected chi connectivity index (χ3v) is 3.95. The first-order valence-corrected chi connectivity index (χ1v) is 7.17. The number of benzene rings is 1. The number of carbonyl (C=O) groups is 1. The number of hydrogen-bond donors (Lipinski definition) is 2. The van der Waals surface area contributed by atoms with Gasteiger partial charge in [0.15, 0.2) is 0 Å². The largest absolute Gasteiger partial charge is 0.381 e. The molecule has 0 radical (unpaired) electrons. The Morgan fingerprint density at radius 3 is 2.71 bits per heavy atom. The Bertz CT molecular complexity index is 682. The average molecular weight is 305 g/mol. The molecule has 0 saturated heterocycles. The Kier molecular flexibility index (Phi) is 4.54. The summed E-state index contributed by atoms with van der Waals surface area (Å²) in [6, 6.07) is 6.94. The van der Waals surface area contributed by atoms with Crippen LogP contribution in [0, 0.1) is 17.0 Å². The Morgan fingerprint density at radius 2 is 2.14 bits per heavy atom. The first-order chi connectivity index (χ1) is 10.0. The molecule has 0 fully saturated rings. The lowest BCUT2D eigenvalue weighted by Gasteiger charge is -2.10. The quantitative estimate of drug-likeness (QED) is 0.657. The summed E-state index contributed by atoms with van der Waals surface area (Å²) in [5, 5.41) is 18.3. The molecule has 2 N–H and O–H groups in total. The van der Waals surface area contributed by atoms with E-state index in [0.29, 0.717) is 12.1 Å². The minimum Gasteiger partial charge on any atom is -0.381 e. The number of hydrogen-bond acceptors (Lipinski definition) is 5. The Morgan fingerprint density at radius 1 is 1.38 bits per heavy atom. The van der Waals surface area contributed by atoms with Crippen LogP contribution in [0.15, 0.2) is 29.6 Å². The van der Waals surface area contributed by atoms with Gasteiger partial charge in [0.05, 0.1) is 4.92 Å². The highest BCUT2D eigenvalue weighted by atomic mass is 32.1. The van der Waals surface area contributed by atoms with Crippen LogP contribution >= 0.6 is 11.3 Å². The summed E-state index contributed by atoms with van der Waals surface area (Å²) >= 11 is 1.11. The van der Waals surface area contributed by atoms with E-state index >= 15 is 0 Å². The van der Waals surface area contributed by atoms with Gasteiger partial charge in [0.25, 0.3) is 5.91 Å². The molecule has 2 aromatic rings. The highest BCUT2D eigenvalue weighted by molar-refractivity contribution is 7.13. The number of aryl methyl sites for hydroxylation is 1. The zero-order valence-corrected chi connectivity index (χ0v) is 12.5. The number of thiophene rings is 1. The molecule has 6 nitrogen and oxygen atoms in total. The third-order valence-electron chi connectivity index (χ3n) is 3.02. The Labute approximate surface area is 126 Å². The molecule has 110 valence electrons. The standard InChI is InChI=1S/C14H15N3O3S/c1-9-5-11(14(18)15-2)3-4-12(9)16-7-10-6-13(17(19)20)21-8-10/h3-6,8,16H,7H2,1-2H3,(H,15,18). The van der Waals surface area contributed by atoms with Gasteiger partial charge in [0.2, 0.25) is 0 Å². The van der Waals surface area contributed by atoms with Gasteiger partial charge in [0, 0.05) is 36.3 Å². The van der Waals surface area contributed by atoms with Crippen LogP contribution in [0.4, 0.5) is 10.7 Å². The molecule has 0 atom stereocenters. The predicted molar refractivity (Wildman–Crippen MR) is 82.9 cm³/mol. The van der Waals surface area contributed by atoms with E-state index in [0.717, 1.165) is 28.2 Å². The van der Waals surface area contributed by atoms with Gasteiger partial charge in [0.1, 0.15) is 0 Å². The number of carbonyl (C=O) groups excluding carboxylic acids is 1. The van der Waals surface area contributed by atoms with Gasteiger partial charge in [-0.25, -0.2) is 0 Å². The molecule has 0 bridgehead atoms. The molecule has 21 heavy (non-hydrogen) atoms. The van der Waals surface area contributed by atoms with Gasteiger partial charge in [-0.15, -0.1) is 0 Å². The second-order valence-corrected chi connectivity index (χ2v) is 5.40. The molecule has 0 aliphatic heterocycles. The van der Waals surface area contributed by atoms with Crippen molar-refractivity contribution >= 4 is 27.9 Å². The van der Waals surface area contributed by atoms with E-state index in [9.17, 15) is 14.9 Å². The third kappa shape index (κ3) is 3.57. The van der Waals surface area contributed by atoms with Gasteiger partial charge in [-0.3, -0.25) is 14.9 Å². The molecule has 0 spiro atoms. The second-order valence-electron chi connectivity index (χ2n) is 4.51. The molecule has 0 aliphatic carbocycles. The second kappa shape index (κ2) is 6.36. The average Bonchev–Trinajstić information content (AvgIpc) is 2.94. The minimum absolute atomic E-state index is 0.127. The molecule has 1 heterocycles. The van der Waals surface area contributed by atoms with Crippen LogP contribution in [0.3, 0.4) is 0 Å². The number of nitrogens with zero attached hydrogens (tertiary/aromatic N) is 1. The van der Waals surface area contributed by atoms with Crippen molar-refractivity contribution in [3.05, 3.63) is 56.5 Å². The molecule has 0 unspecified atom stereocenters. The number of anilines is 1. The SMILES string of the molecule is CNC(=O)c1ccc(NCc2csc([N+](=O)[O-])c2)c(C)c1. The number of rotatable bonds is 5. The molecule has 1 aromatic carbocycles. The van der Waals surface area contributed by atoms with E-state index in [2.05, 4.69) is 10.6 Å². The van der Waals surface area contributed by atoms with Crippen LogP contribution in [0.25, 0.3) is 0 Å². The first-order valence-electron chi connectivity index (χ1n) is 6.29. The van der Waals surface area contributed by atoms with E-state index in [1.54, 1.807) is 30.6 Å². The van der Waals surface area contributed by atoms with Gasteiger partial charge >= 0.3 is 5.00 Å². The van der Waals surface area contributed by atoms with E-state index in [-0.39, 0.29) is 10.9 Å². The van der Waals surface area contributed by atoms with Crippen molar-refractivity contribution < 1.29 is 9.72 Å². The highest BCUT2D eigenvalue weighted by Gasteiger charge is 2.10. The lowest BCUT2D eigenvalue weighted by molar-refractivity contribution is -0.380. The van der Waals surface area contributed by atoms with Crippen molar-refractivity contribution in [3.63, 3.8) is 0 Å². The van der Waals surface area contributed by atoms with Gasteiger partial charge in [-0.2, -0.15) is 0 Å². The van der Waals surface area contributed by atoms with Crippen LogP contribution in [-0.4, -0.2) is 17.9 Å². The fourth-order valence-electron chi connectivity index (χ4n) is 1.90. The summed E-state index contributed by atoms with van der Waals surface area (Å²) in [7, 11) is 1.59. The van der Waals surface area contributed by atoms with Gasteiger partial charge < -0.3 is 10.6 Å². The minimum atomic E-state index is -0.391. The smallest absolute Gasteiger partial charge is 0.324 e. The maximum absolute atomic E-state index is 11.5. The van der Waals surface area contributed by atoms with E-state index in [4.69, 9.17) is 0 Å². The van der Waals surface area contributed by atoms with Crippen LogP contribution in [-0.2, 0) is 6.54 Å². The number of nitro groups is 1. The maximum Gasteiger partial charge on any atom is 0.324 e. The first kappa shape index (κ1) is 15.0. The molecule has 7 heteroatoms. The fourth-order valence-corrected chi connectivity index (χ4v) is 2.62. The van der Waals surface area contributed by atoms with Crippen LogP contribution in [0.2, 0.25) is 0 Å². The Balaban J connectivity index is 2.06. The van der Waals surface area contributed by atoms with Crippen LogP contribution in [0.1, 0.15) is 21.5 Å². The number of nitrogens with one attached hydrogen (secondary N) is 2. The van der Waals surface area contributed by atoms with Gasteiger partial charge in [-0.05, 0) is 36.2 Å². The predicted octanol–water partition coefficient (Wildman–Crippen LogP) is 2.94. The maximum atomic E-state index is 11.5. The van der Waals surface area contributed by atoms with Crippen molar-refractivity contribution in [3.8, 4) is 0 Å². The van der Waals surface area contributed by atoms with Crippen LogP contribution < -0.4 is 10.6 Å². The molecular weight excluding hydrogens is 290 g/mol. The zero-order chi connectivity index (χ0) is 15.4. The van der Waals surface area contributed by atoms with Crippen LogP contribution in [0.5, 0.6) is 0 Å². The molecular formula is C14H15N3O3S. The van der Waals surface area contributed by atoms with E-state index in [1.165, 1.54) is 0 Å². The summed E-state index contributed by atoms with van der Waals surface area (Å²) in [6.07, 6.45) is 0. The molecule has 1 aromatic heterocycles. The highest BCUT2D eigenvalue weighted by Crippen LogP contribution is 2.24. The fraction of sp³-hybridized carbons (Fsp3) is 0.214. The van der Waals surface area contributed by atoms with E-state index < -0.39 is 4.92 Å². The molecule has 0 aliphatic rings. The number of amides is 1. The summed E-state index contributed by atoms with van der Waals surface area (Å²) in [5.41, 5.74) is 3.31. The lowest BCUT2D eigenvalue weighted by atomic mass is 10.1. The van der Waals surface area contributed by atoms with Crippen molar-refractivity contribution in [2.45, 2.75) is 13.5 Å². The van der Waals surface area contributed by atoms with Crippen molar-refractivity contribution in [1.82, 2.24) is 5.32 Å².